The molecule has 0 spiro atoms. The standard InChI is InChI=1S/C15H17O4.2CH3O.Ti/c1-3-5-11-19-15(17)13-9-7-6-8-12(13)14(16)18-10-4-2;2*1-2;/h4,6-9H,1-3,5,10-11H2;2*1H3;/q;2*-1;+2. The molecule has 0 N–H and O–H groups in total. The summed E-state index contributed by atoms with van der Waals surface area (Å²) in [6, 6.07) is 6.43. The Balaban J connectivity index is 2.50. The van der Waals surface area contributed by atoms with E-state index in [9.17, 15) is 9.59 Å². The van der Waals surface area contributed by atoms with Crippen molar-refractivity contribution in [2.75, 3.05) is 27.4 Å². The van der Waals surface area contributed by atoms with Crippen molar-refractivity contribution in [3.8, 4) is 0 Å². The molecular formula is C17H23O6Ti. The van der Waals surface area contributed by atoms with Gasteiger partial charge in [0.2, 0.25) is 0 Å². The third kappa shape index (κ3) is 6.97. The summed E-state index contributed by atoms with van der Waals surface area (Å²) in [6.07, 6.45) is 3.06. The number of ether oxygens (including phenoxy) is 2. The van der Waals surface area contributed by atoms with Gasteiger partial charge in [0, 0.05) is 0 Å². The van der Waals surface area contributed by atoms with E-state index < -0.39 is 30.6 Å². The van der Waals surface area contributed by atoms with Crippen LogP contribution in [0.1, 0.15) is 33.6 Å². The van der Waals surface area contributed by atoms with Gasteiger partial charge in [0.25, 0.3) is 0 Å². The van der Waals surface area contributed by atoms with Gasteiger partial charge in [-0.2, -0.15) is 0 Å². The molecule has 24 heavy (non-hydrogen) atoms. The Morgan fingerprint density at radius 2 is 1.62 bits per heavy atom. The van der Waals surface area contributed by atoms with Gasteiger partial charge in [-0.05, 0) is 0 Å². The van der Waals surface area contributed by atoms with Crippen molar-refractivity contribution in [2.24, 2.45) is 0 Å². The van der Waals surface area contributed by atoms with Crippen molar-refractivity contribution in [2.45, 2.75) is 17.6 Å². The number of unbranched alkanes of at least 4 members (excludes halogenated alkanes) is 1. The van der Waals surface area contributed by atoms with Gasteiger partial charge >= 0.3 is 143 Å². The maximum absolute atomic E-state index is 12.2. The quantitative estimate of drug-likeness (QED) is 0.258. The fourth-order valence-corrected chi connectivity index (χ4v) is 3.69. The second-order valence-electron chi connectivity index (χ2n) is 4.81. The zero-order valence-corrected chi connectivity index (χ0v) is 15.6. The van der Waals surface area contributed by atoms with Crippen LogP contribution in [0, 0.1) is 0 Å². The molecule has 6 nitrogen and oxygen atoms in total. The zero-order chi connectivity index (χ0) is 17.8. The average molecular weight is 371 g/mol. The predicted molar refractivity (Wildman–Crippen MR) is 85.3 cm³/mol. The topological polar surface area (TPSA) is 71.1 Å². The van der Waals surface area contributed by atoms with Gasteiger partial charge < -0.3 is 0 Å². The van der Waals surface area contributed by atoms with Crippen LogP contribution in [-0.2, 0) is 34.8 Å². The number of hydrogen-bond acceptors (Lipinski definition) is 6. The molecule has 0 aliphatic rings. The van der Waals surface area contributed by atoms with Crippen LogP contribution in [0.2, 0.25) is 4.73 Å². The fourth-order valence-electron chi connectivity index (χ4n) is 1.95. The van der Waals surface area contributed by atoms with Crippen molar-refractivity contribution in [1.29, 1.82) is 0 Å². The third-order valence-electron chi connectivity index (χ3n) is 3.16. The molecule has 0 saturated carbocycles. The number of rotatable bonds is 11. The van der Waals surface area contributed by atoms with Crippen LogP contribution in [0.5, 0.6) is 0 Å². The van der Waals surface area contributed by atoms with Crippen LogP contribution in [0.15, 0.2) is 36.9 Å². The van der Waals surface area contributed by atoms with E-state index in [1.807, 2.05) is 0 Å². The van der Waals surface area contributed by atoms with Gasteiger partial charge in [0.05, 0.1) is 0 Å². The molecule has 1 aromatic carbocycles. The predicted octanol–water partition coefficient (Wildman–Crippen LogP) is 3.13. The van der Waals surface area contributed by atoms with Crippen molar-refractivity contribution in [3.63, 3.8) is 0 Å². The average Bonchev–Trinajstić information content (AvgIpc) is 2.62. The summed E-state index contributed by atoms with van der Waals surface area (Å²) in [5.41, 5.74) is 0.395. The Morgan fingerprint density at radius 1 is 1.04 bits per heavy atom. The first kappa shape index (κ1) is 20.6. The summed E-state index contributed by atoms with van der Waals surface area (Å²) in [4.78, 5) is 24.1. The van der Waals surface area contributed by atoms with Gasteiger partial charge in [-0.3, -0.25) is 0 Å². The molecule has 7 heteroatoms. The van der Waals surface area contributed by atoms with E-state index in [2.05, 4.69) is 6.58 Å². The van der Waals surface area contributed by atoms with E-state index in [0.717, 1.165) is 17.6 Å². The van der Waals surface area contributed by atoms with E-state index in [0.29, 0.717) is 0 Å². The Labute approximate surface area is 149 Å². The molecular weight excluding hydrogens is 348 g/mol. The van der Waals surface area contributed by atoms with Crippen LogP contribution in [0.4, 0.5) is 0 Å². The van der Waals surface area contributed by atoms with E-state index in [1.165, 1.54) is 12.1 Å². The fraction of sp³-hybridized carbons (Fsp3) is 0.412. The molecule has 0 saturated heterocycles. The first-order valence-corrected chi connectivity index (χ1v) is 10.00. The number of carbonyl (C=O) groups is 2. The minimum atomic E-state index is -1.82. The Kier molecular flexibility index (Phi) is 10.3. The van der Waals surface area contributed by atoms with E-state index in [1.54, 1.807) is 32.4 Å². The van der Waals surface area contributed by atoms with Crippen molar-refractivity contribution >= 4 is 11.9 Å². The van der Waals surface area contributed by atoms with Crippen molar-refractivity contribution < 1.29 is 44.3 Å². The summed E-state index contributed by atoms with van der Waals surface area (Å²) < 4.78 is 21.6. The minimum absolute atomic E-state index is 0.0903. The molecule has 0 aromatic heterocycles. The Bertz CT molecular complexity index is 542. The molecule has 0 heterocycles. The van der Waals surface area contributed by atoms with Crippen LogP contribution in [0.3, 0.4) is 0 Å². The van der Waals surface area contributed by atoms with Crippen molar-refractivity contribution in [3.05, 3.63) is 48.0 Å². The normalized spacial score (nSPS) is 10.1. The summed E-state index contributed by atoms with van der Waals surface area (Å²) in [7, 11) is 3.31. The van der Waals surface area contributed by atoms with Crippen LogP contribution in [-0.4, -0.2) is 39.4 Å². The molecule has 0 amide bonds. The second-order valence-corrected chi connectivity index (χ2v) is 8.02. The zero-order valence-electron chi connectivity index (χ0n) is 14.1. The number of esters is 2. The second kappa shape index (κ2) is 12.0. The van der Waals surface area contributed by atoms with Gasteiger partial charge in [-0.25, -0.2) is 0 Å². The molecule has 131 valence electrons. The van der Waals surface area contributed by atoms with E-state index >= 15 is 0 Å². The molecule has 1 rings (SSSR count). The van der Waals surface area contributed by atoms with Crippen LogP contribution >= 0.6 is 0 Å². The van der Waals surface area contributed by atoms with Gasteiger partial charge in [0.15, 0.2) is 0 Å². The van der Waals surface area contributed by atoms with Gasteiger partial charge in [-0.15, -0.1) is 0 Å². The third-order valence-corrected chi connectivity index (χ3v) is 5.77. The molecule has 0 aliphatic carbocycles. The first-order chi connectivity index (χ1) is 11.6. The monoisotopic (exact) mass is 371 g/mol. The summed E-state index contributed by atoms with van der Waals surface area (Å²) in [5, 5.41) is 0. The van der Waals surface area contributed by atoms with Gasteiger partial charge in [-0.1, -0.05) is 6.58 Å². The molecule has 0 atom stereocenters. The van der Waals surface area contributed by atoms with Gasteiger partial charge in [0.1, 0.15) is 0 Å². The Hall–Kier alpha value is -1.47. The summed E-state index contributed by atoms with van der Waals surface area (Å²) in [6.45, 7) is 3.86. The molecule has 0 fully saturated rings. The molecule has 1 aromatic rings. The number of carbonyl (C=O) groups excluding carboxylic acids is 2. The maximum atomic E-state index is 12.2. The summed E-state index contributed by atoms with van der Waals surface area (Å²) in [5.74, 6) is -1.10. The Morgan fingerprint density at radius 3 is 2.17 bits per heavy atom. The number of benzene rings is 1. The SMILES string of the molecule is C=CCOC(=O)c1ccccc1C(=O)OCCC[CH2][Ti]([O]C)[O]C. The first-order valence-electron chi connectivity index (χ1n) is 7.62. The van der Waals surface area contributed by atoms with Crippen molar-refractivity contribution in [1.82, 2.24) is 0 Å². The number of hydrogen-bond donors (Lipinski definition) is 0. The van der Waals surface area contributed by atoms with E-state index in [4.69, 9.17) is 16.1 Å². The molecule has 0 radical (unpaired) electrons. The molecule has 0 aliphatic heterocycles. The molecule has 0 unspecified atom stereocenters. The van der Waals surface area contributed by atoms with E-state index in [-0.39, 0.29) is 24.3 Å². The van der Waals surface area contributed by atoms with Crippen LogP contribution in [0.25, 0.3) is 0 Å². The molecule has 0 bridgehead atoms. The van der Waals surface area contributed by atoms with Crippen LogP contribution < -0.4 is 0 Å². The summed E-state index contributed by atoms with van der Waals surface area (Å²) >= 11 is -1.82.